The lowest BCUT2D eigenvalue weighted by Crippen LogP contribution is -2.61. The van der Waals surface area contributed by atoms with Crippen molar-refractivity contribution in [3.63, 3.8) is 0 Å². The number of aliphatic hydroxyl groups excluding tert-OH is 3. The Morgan fingerprint density at radius 2 is 1.42 bits per heavy atom. The summed E-state index contributed by atoms with van der Waals surface area (Å²) in [4.78, 5) is 195. The molecule has 5 heterocycles. The number of hydrazine groups is 1. The SMILES string of the molecule is CC[C@H](C)[C@@H]1NC(=O)CNC(=O)[C@H]2Cc3c([nH]c4ccc(CC(=O)CCCCC(=O)CN5C(=O)CSCSCC(=O)N5CC(=O)O)cc34)S(=O)C[C@H](NC(=O)CNC1=O)C(=O)C[C@@H](CC(N)=O)C(=O)N1C[C@H](O)C[C@H]1C(=O)N[C@@H](C(C)C(O)CO)C(=O)N2. The Morgan fingerprint density at radius 1 is 0.784 bits per heavy atom. The molecule has 482 valence electrons. The van der Waals surface area contributed by atoms with Crippen LogP contribution in [0.4, 0.5) is 0 Å². The summed E-state index contributed by atoms with van der Waals surface area (Å²) < 4.78 is 15.1. The lowest BCUT2D eigenvalue weighted by atomic mass is 9.93. The van der Waals surface area contributed by atoms with E-state index in [4.69, 9.17) is 5.73 Å². The molecule has 11 atom stereocenters. The van der Waals surface area contributed by atoms with Gasteiger partial charge in [-0.1, -0.05) is 33.3 Å². The molecule has 2 fully saturated rings. The summed E-state index contributed by atoms with van der Waals surface area (Å²) in [6.45, 7) is 0.155. The first-order chi connectivity index (χ1) is 41.7. The first kappa shape index (κ1) is 69.8. The number of carbonyl (C=O) groups is 14. The number of primary amides is 1. The summed E-state index contributed by atoms with van der Waals surface area (Å²) in [5, 5.41) is 58.3. The number of benzene rings is 1. The van der Waals surface area contributed by atoms with Crippen molar-refractivity contribution in [1.82, 2.24) is 51.8 Å². The minimum atomic E-state index is -2.46. The van der Waals surface area contributed by atoms with Crippen LogP contribution in [0.3, 0.4) is 0 Å². The Morgan fingerprint density at radius 3 is 2.06 bits per heavy atom. The van der Waals surface area contributed by atoms with Crippen LogP contribution in [0.1, 0.15) is 83.3 Å². The van der Waals surface area contributed by atoms with Crippen molar-refractivity contribution in [1.29, 1.82) is 0 Å². The average molecular weight is 1290 g/mol. The van der Waals surface area contributed by atoms with Crippen molar-refractivity contribution in [2.45, 2.75) is 132 Å². The van der Waals surface area contributed by atoms with E-state index in [1.165, 1.54) is 42.6 Å². The summed E-state index contributed by atoms with van der Waals surface area (Å²) in [7, 11) is -2.46. The second kappa shape index (κ2) is 32.2. The zero-order chi connectivity index (χ0) is 64.7. The van der Waals surface area contributed by atoms with Crippen LogP contribution in [-0.2, 0) is 90.8 Å². The van der Waals surface area contributed by atoms with E-state index in [1.54, 1.807) is 19.9 Å². The van der Waals surface area contributed by atoms with Crippen molar-refractivity contribution in [2.24, 2.45) is 23.5 Å². The number of nitrogens with zero attached hydrogens (tertiary/aromatic N) is 3. The molecule has 33 heteroatoms. The highest BCUT2D eigenvalue weighted by Crippen LogP contribution is 2.31. The van der Waals surface area contributed by atoms with E-state index in [1.807, 2.05) is 0 Å². The largest absolute Gasteiger partial charge is 0.480 e. The number of hydrogen-bond donors (Lipinski definition) is 12. The number of carbonyl (C=O) groups excluding carboxylic acids is 13. The van der Waals surface area contributed by atoms with Crippen LogP contribution >= 0.6 is 23.5 Å². The van der Waals surface area contributed by atoms with Gasteiger partial charge in [0.15, 0.2) is 11.6 Å². The maximum absolute atomic E-state index is 15.1. The maximum atomic E-state index is 15.1. The van der Waals surface area contributed by atoms with Crippen LogP contribution < -0.4 is 37.6 Å². The van der Waals surface area contributed by atoms with Crippen molar-refractivity contribution < 1.29 is 91.8 Å². The normalized spacial score (nSPS) is 25.5. The van der Waals surface area contributed by atoms with Crippen LogP contribution in [0.5, 0.6) is 0 Å². The monoisotopic (exact) mass is 1290 g/mol. The second-order valence-electron chi connectivity index (χ2n) is 22.2. The Labute approximate surface area is 515 Å². The molecule has 10 amide bonds. The van der Waals surface area contributed by atoms with E-state index in [2.05, 4.69) is 36.9 Å². The number of ketones is 3. The number of aliphatic hydroxyl groups is 3. The van der Waals surface area contributed by atoms with Gasteiger partial charge in [-0.25, -0.2) is 10.0 Å². The number of amides is 10. The van der Waals surface area contributed by atoms with Gasteiger partial charge in [-0.3, -0.25) is 71.3 Å². The van der Waals surface area contributed by atoms with Gasteiger partial charge in [0.05, 0.1) is 71.9 Å². The molecule has 2 aromatic rings. The highest BCUT2D eigenvalue weighted by Gasteiger charge is 2.45. The highest BCUT2D eigenvalue weighted by atomic mass is 32.2. The summed E-state index contributed by atoms with van der Waals surface area (Å²) in [6, 6.07) is -3.73. The average Bonchev–Trinajstić information content (AvgIpc) is 1.73. The fourth-order valence-corrected chi connectivity index (χ4v) is 13.8. The molecule has 13 N–H and O–H groups in total. The minimum absolute atomic E-state index is 0.0198. The number of thioether (sulfide) groups is 2. The van der Waals surface area contributed by atoms with E-state index >= 15 is 4.21 Å². The number of hydrogen-bond acceptors (Lipinski definition) is 20. The van der Waals surface area contributed by atoms with Gasteiger partial charge in [0.1, 0.15) is 48.1 Å². The molecule has 1 aromatic carbocycles. The van der Waals surface area contributed by atoms with Crippen molar-refractivity contribution in [3.8, 4) is 0 Å². The van der Waals surface area contributed by atoms with Crippen molar-refractivity contribution in [2.75, 3.05) is 61.7 Å². The van der Waals surface area contributed by atoms with E-state index in [9.17, 15) is 87.5 Å². The summed E-state index contributed by atoms with van der Waals surface area (Å²) in [5.41, 5.74) is 6.21. The molecular formula is C55H75N11O19S3. The second-order valence-corrected chi connectivity index (χ2v) is 25.9. The van der Waals surface area contributed by atoms with Gasteiger partial charge in [0.25, 0.3) is 11.8 Å². The number of unbranched alkanes of at least 4 members (excludes halogenated alkanes) is 1. The number of aromatic amines is 1. The van der Waals surface area contributed by atoms with Gasteiger partial charge < -0.3 is 67.9 Å². The molecule has 2 bridgehead atoms. The lowest BCUT2D eigenvalue weighted by Gasteiger charge is -2.32. The van der Waals surface area contributed by atoms with Crippen LogP contribution in [-0.4, -0.2) is 231 Å². The van der Waals surface area contributed by atoms with Crippen LogP contribution in [0, 0.1) is 17.8 Å². The first-order valence-corrected chi connectivity index (χ1v) is 32.2. The molecule has 0 spiro atoms. The van der Waals surface area contributed by atoms with E-state index in [-0.39, 0.29) is 70.9 Å². The van der Waals surface area contributed by atoms with Crippen LogP contribution in [0.15, 0.2) is 23.2 Å². The predicted molar refractivity (Wildman–Crippen MR) is 315 cm³/mol. The van der Waals surface area contributed by atoms with Gasteiger partial charge in [0.2, 0.25) is 47.3 Å². The van der Waals surface area contributed by atoms with Crippen molar-refractivity contribution >= 4 is 128 Å². The molecule has 88 heavy (non-hydrogen) atoms. The number of rotatable bonds is 18. The number of fused-ring (bicyclic) bond motifs is 5. The number of carboxylic acids is 1. The van der Waals surface area contributed by atoms with Gasteiger partial charge in [-0.05, 0) is 42.0 Å². The number of nitrogens with one attached hydrogen (secondary N) is 7. The molecule has 0 saturated carbocycles. The molecular weight excluding hydrogens is 1210 g/mol. The smallest absolute Gasteiger partial charge is 0.325 e. The molecule has 1 aromatic heterocycles. The van der Waals surface area contributed by atoms with E-state index < -0.39 is 218 Å². The summed E-state index contributed by atoms with van der Waals surface area (Å²) in [5.74, 6) is -17.2. The molecule has 3 unspecified atom stereocenters. The molecule has 4 aliphatic heterocycles. The number of nitrogens with two attached hydrogens (primary N) is 1. The third-order valence-corrected chi connectivity index (χ3v) is 19.2. The predicted octanol–water partition coefficient (Wildman–Crippen LogP) is -4.20. The van der Waals surface area contributed by atoms with E-state index in [0.717, 1.165) is 14.9 Å². The minimum Gasteiger partial charge on any atom is -0.480 e. The van der Waals surface area contributed by atoms with E-state index in [0.29, 0.717) is 17.1 Å². The molecule has 0 radical (unpaired) electrons. The van der Waals surface area contributed by atoms with Crippen molar-refractivity contribution in [3.05, 3.63) is 29.3 Å². The third-order valence-electron chi connectivity index (χ3n) is 15.6. The maximum Gasteiger partial charge on any atom is 0.325 e. The molecule has 0 aliphatic carbocycles. The number of carboxylic acid groups (broad SMARTS) is 1. The third kappa shape index (κ3) is 18.9. The highest BCUT2D eigenvalue weighted by molar-refractivity contribution is 8.16. The quantitative estimate of drug-likeness (QED) is 0.0630. The Kier molecular flexibility index (Phi) is 25.6. The molecule has 2 saturated heterocycles. The van der Waals surface area contributed by atoms with Crippen LogP contribution in [0.25, 0.3) is 10.9 Å². The fourth-order valence-electron chi connectivity index (χ4n) is 10.5. The topological polar surface area (TPSA) is 461 Å². The summed E-state index contributed by atoms with van der Waals surface area (Å²) in [6.07, 6.45) is -5.55. The zero-order valence-corrected chi connectivity index (χ0v) is 51.2. The zero-order valence-electron chi connectivity index (χ0n) is 48.7. The number of Topliss-reactive ketones (excluding diaryl/α,β-unsaturated/α-hetero) is 3. The molecule has 30 nitrogen and oxygen atoms in total. The first-order valence-electron chi connectivity index (χ1n) is 28.6. The molecule has 6 rings (SSSR count). The molecule has 4 aliphatic rings. The lowest BCUT2D eigenvalue weighted by molar-refractivity contribution is -0.167. The summed E-state index contributed by atoms with van der Waals surface area (Å²) >= 11 is 2.42. The Bertz CT molecular complexity index is 3070. The number of aromatic nitrogens is 1. The van der Waals surface area contributed by atoms with Gasteiger partial charge in [-0.2, -0.15) is 0 Å². The number of H-pyrrole nitrogens is 1. The van der Waals surface area contributed by atoms with Crippen LogP contribution in [0.2, 0.25) is 0 Å². The Hall–Kier alpha value is -7.33. The Balaban J connectivity index is 1.40. The standard InChI is InChI=1S/C55H75N11O19S3/c1-4-27(2)48-52(82)58-17-43(74)59-38-25-88(85)54-35(34-12-29(9-10-36(34)61-54)11-31(68)7-5-6-8-32(69)20-65-45(76)23-86-26-87-24-46(77)66(65)21-47(78)79)16-37(50(80)57-18-44(75)62-48)60-53(83)49(28(3)41(72)22-67)63-51(81)39-15-33(70)19-64(39)55(84)30(13-40(38)71)14-42(56)73/h9-10,12,27-28,30,33,37-39,41,48-49,61,67,70,72H,4-8,11,13-26H2,1-3H3,(H2,56,73)(H,57,80)(H,58,82)(H,59,74)(H,60,83)(H,62,75)(H,63,81)(H,78,79)/t27-,28?,30-,33+,37+,38-,39-,41?,48-,49-,88?/m0/s1. The fraction of sp³-hybridized carbons (Fsp3) is 0.600. The van der Waals surface area contributed by atoms with Gasteiger partial charge in [-0.15, -0.1) is 23.5 Å². The number of aliphatic carboxylic acids is 1. The van der Waals surface area contributed by atoms with Gasteiger partial charge in [0, 0.05) is 73.4 Å². The van der Waals surface area contributed by atoms with Gasteiger partial charge >= 0.3 is 5.97 Å².